The zero-order valence-electron chi connectivity index (χ0n) is 11.6. The first-order valence-electron chi connectivity index (χ1n) is 7.08. The zero-order chi connectivity index (χ0) is 14.7. The molecule has 106 valence electrons. The van der Waals surface area contributed by atoms with E-state index in [1.807, 2.05) is 30.5 Å². The van der Waals surface area contributed by atoms with Crippen molar-refractivity contribution in [3.8, 4) is 11.3 Å². The van der Waals surface area contributed by atoms with Crippen LogP contribution in [0.25, 0.3) is 28.4 Å². The number of rotatable bonds is 0. The van der Waals surface area contributed by atoms with E-state index in [2.05, 4.69) is 44.0 Å². The van der Waals surface area contributed by atoms with E-state index in [9.17, 15) is 0 Å². The fraction of sp³-hybridized carbons (Fsp3) is 0.0588. The third-order valence-corrected chi connectivity index (χ3v) is 4.41. The fourth-order valence-electron chi connectivity index (χ4n) is 3.17. The molecule has 2 aromatic carbocycles. The van der Waals surface area contributed by atoms with Crippen molar-refractivity contribution in [2.24, 2.45) is 10.2 Å². The highest BCUT2D eigenvalue weighted by Gasteiger charge is 2.25. The van der Waals surface area contributed by atoms with Gasteiger partial charge in [0.25, 0.3) is 0 Å². The van der Waals surface area contributed by atoms with Crippen molar-refractivity contribution in [1.82, 2.24) is 4.57 Å². The lowest BCUT2D eigenvalue weighted by Gasteiger charge is -2.17. The Morgan fingerprint density at radius 2 is 1.95 bits per heavy atom. The van der Waals surface area contributed by atoms with Crippen LogP contribution in [0.4, 0.5) is 5.69 Å². The molecule has 4 nitrogen and oxygen atoms in total. The summed E-state index contributed by atoms with van der Waals surface area (Å²) >= 11 is 6.18. The van der Waals surface area contributed by atoms with Gasteiger partial charge in [-0.1, -0.05) is 35.9 Å². The van der Waals surface area contributed by atoms with Crippen LogP contribution in [0.2, 0.25) is 5.02 Å². The largest absolute Gasteiger partial charge is 0.312 e. The first-order valence-corrected chi connectivity index (χ1v) is 7.46. The summed E-state index contributed by atoms with van der Waals surface area (Å²) in [6, 6.07) is 16.5. The lowest BCUT2D eigenvalue weighted by molar-refractivity contribution is 1.01. The van der Waals surface area contributed by atoms with Crippen LogP contribution in [-0.4, -0.2) is 11.2 Å². The highest BCUT2D eigenvalue weighted by molar-refractivity contribution is 6.31. The molecule has 1 aromatic heterocycles. The minimum atomic E-state index is 0.562. The summed E-state index contributed by atoms with van der Waals surface area (Å²) < 4.78 is 2.15. The Labute approximate surface area is 131 Å². The lowest BCUT2D eigenvalue weighted by Crippen LogP contribution is -2.16. The summed E-state index contributed by atoms with van der Waals surface area (Å²) in [6.07, 6.45) is 2.03. The minimum absolute atomic E-state index is 0.562. The minimum Gasteiger partial charge on any atom is -0.312 e. The number of hydrogen-bond donors (Lipinski definition) is 0. The molecule has 0 N–H and O–H groups in total. The molecule has 0 fully saturated rings. The highest BCUT2D eigenvalue weighted by Crippen LogP contribution is 2.41. The van der Waals surface area contributed by atoms with E-state index in [1.165, 1.54) is 5.56 Å². The second kappa shape index (κ2) is 4.21. The van der Waals surface area contributed by atoms with Crippen LogP contribution in [0.15, 0.2) is 64.6 Å². The molecule has 2 aliphatic rings. The molecule has 2 aliphatic heterocycles. The average molecular weight is 307 g/mol. The van der Waals surface area contributed by atoms with Crippen LogP contribution in [-0.2, 0) is 0 Å². The molecule has 0 saturated carbocycles. The Bertz CT molecular complexity index is 983. The van der Waals surface area contributed by atoms with E-state index in [1.54, 1.807) is 0 Å². The van der Waals surface area contributed by atoms with E-state index in [-0.39, 0.29) is 0 Å². The predicted octanol–water partition coefficient (Wildman–Crippen LogP) is 4.96. The number of benzene rings is 2. The van der Waals surface area contributed by atoms with Gasteiger partial charge in [-0.2, -0.15) is 5.11 Å². The molecule has 5 heteroatoms. The van der Waals surface area contributed by atoms with Gasteiger partial charge in [0.05, 0.1) is 23.1 Å². The third-order valence-electron chi connectivity index (χ3n) is 4.17. The van der Waals surface area contributed by atoms with E-state index in [0.717, 1.165) is 33.1 Å². The van der Waals surface area contributed by atoms with Crippen molar-refractivity contribution in [1.29, 1.82) is 0 Å². The number of halogens is 1. The monoisotopic (exact) mass is 306 g/mol. The maximum absolute atomic E-state index is 6.18. The van der Waals surface area contributed by atoms with Gasteiger partial charge >= 0.3 is 0 Å². The van der Waals surface area contributed by atoms with Gasteiger partial charge in [0.1, 0.15) is 6.67 Å². The van der Waals surface area contributed by atoms with Crippen molar-refractivity contribution in [2.45, 2.75) is 0 Å². The molecule has 0 spiro atoms. The molecular formula is C17H11ClN4. The van der Waals surface area contributed by atoms with Crippen LogP contribution >= 0.6 is 11.6 Å². The molecule has 0 amide bonds. The van der Waals surface area contributed by atoms with E-state index in [4.69, 9.17) is 11.6 Å². The quantitative estimate of drug-likeness (QED) is 0.577. The number of nitrogens with zero attached hydrogens (tertiary/aromatic N) is 4. The summed E-state index contributed by atoms with van der Waals surface area (Å²) in [6.45, 7) is 0.562. The first kappa shape index (κ1) is 12.0. The smallest absolute Gasteiger partial charge is 0.173 e. The first-order chi connectivity index (χ1) is 10.8. The molecule has 0 aliphatic carbocycles. The van der Waals surface area contributed by atoms with E-state index >= 15 is 0 Å². The Balaban J connectivity index is 1.94. The third kappa shape index (κ3) is 1.53. The second-order valence-corrected chi connectivity index (χ2v) is 5.85. The number of hydrogen-bond acceptors (Lipinski definition) is 3. The summed E-state index contributed by atoms with van der Waals surface area (Å²) in [5.74, 6) is 0.851. The van der Waals surface area contributed by atoms with Gasteiger partial charge in [0.15, 0.2) is 5.82 Å². The van der Waals surface area contributed by atoms with Crippen LogP contribution in [0.5, 0.6) is 0 Å². The molecule has 0 atom stereocenters. The topological polar surface area (TPSA) is 32.9 Å². The SMILES string of the molecule is Clc1ccc2cc3n(c2c1)C=C1N=NCN1c1ccccc1-3. The molecule has 3 aromatic rings. The Morgan fingerprint density at radius 3 is 2.91 bits per heavy atom. The number of aromatic nitrogens is 1. The molecule has 0 unspecified atom stereocenters. The fourth-order valence-corrected chi connectivity index (χ4v) is 3.34. The molecule has 5 rings (SSSR count). The Kier molecular flexibility index (Phi) is 2.30. The maximum Gasteiger partial charge on any atom is 0.173 e. The van der Waals surface area contributed by atoms with Gasteiger partial charge < -0.3 is 9.47 Å². The molecular weight excluding hydrogens is 296 g/mol. The van der Waals surface area contributed by atoms with Crippen molar-refractivity contribution >= 4 is 34.4 Å². The molecule has 0 saturated heterocycles. The highest BCUT2D eigenvalue weighted by atomic mass is 35.5. The van der Waals surface area contributed by atoms with Crippen molar-refractivity contribution in [2.75, 3.05) is 11.6 Å². The number of fused-ring (bicyclic) bond motifs is 7. The van der Waals surface area contributed by atoms with E-state index < -0.39 is 0 Å². The number of para-hydroxylation sites is 1. The van der Waals surface area contributed by atoms with Crippen LogP contribution in [0.3, 0.4) is 0 Å². The summed E-state index contributed by atoms with van der Waals surface area (Å²) in [7, 11) is 0. The predicted molar refractivity (Wildman–Crippen MR) is 88.9 cm³/mol. The average Bonchev–Trinajstić information content (AvgIpc) is 3.10. The lowest BCUT2D eigenvalue weighted by atomic mass is 10.1. The molecule has 0 radical (unpaired) electrons. The van der Waals surface area contributed by atoms with Crippen molar-refractivity contribution in [3.05, 3.63) is 59.4 Å². The van der Waals surface area contributed by atoms with Crippen molar-refractivity contribution in [3.63, 3.8) is 0 Å². The summed E-state index contributed by atoms with van der Waals surface area (Å²) in [5, 5.41) is 10.3. The standard InChI is InChI=1S/C17H11ClN4/c18-12-6-5-11-7-16-13-3-1-2-4-14(13)22-10-19-20-17(22)9-21(16)15(11)8-12/h1-9H,10H2. The van der Waals surface area contributed by atoms with Gasteiger partial charge in [0, 0.05) is 16.0 Å². The van der Waals surface area contributed by atoms with Crippen molar-refractivity contribution < 1.29 is 0 Å². The zero-order valence-corrected chi connectivity index (χ0v) is 12.3. The Hall–Kier alpha value is -2.59. The van der Waals surface area contributed by atoms with Gasteiger partial charge in [-0.3, -0.25) is 0 Å². The number of anilines is 1. The normalized spacial score (nSPS) is 15.3. The number of azo groups is 1. The Morgan fingerprint density at radius 1 is 1.05 bits per heavy atom. The second-order valence-electron chi connectivity index (χ2n) is 5.42. The summed E-state index contributed by atoms with van der Waals surface area (Å²) in [4.78, 5) is 2.12. The van der Waals surface area contributed by atoms with E-state index in [0.29, 0.717) is 6.67 Å². The van der Waals surface area contributed by atoms with Gasteiger partial charge in [-0.25, -0.2) is 0 Å². The summed E-state index contributed by atoms with van der Waals surface area (Å²) in [5.41, 5.74) is 4.53. The maximum atomic E-state index is 6.18. The molecule has 3 heterocycles. The molecule has 0 bridgehead atoms. The van der Waals surface area contributed by atoms with Gasteiger partial charge in [-0.15, -0.1) is 5.11 Å². The molecule has 22 heavy (non-hydrogen) atoms. The van der Waals surface area contributed by atoms with Crippen LogP contribution < -0.4 is 4.90 Å². The van der Waals surface area contributed by atoms with Gasteiger partial charge in [-0.05, 0) is 24.3 Å². The van der Waals surface area contributed by atoms with Crippen LogP contribution in [0, 0.1) is 0 Å². The van der Waals surface area contributed by atoms with Crippen LogP contribution in [0.1, 0.15) is 0 Å². The van der Waals surface area contributed by atoms with Gasteiger partial charge in [0.2, 0.25) is 0 Å².